The van der Waals surface area contributed by atoms with E-state index in [9.17, 15) is 9.59 Å². The molecule has 0 spiro atoms. The highest BCUT2D eigenvalue weighted by Crippen LogP contribution is 2.47. The van der Waals surface area contributed by atoms with Crippen LogP contribution < -0.4 is 5.32 Å². The summed E-state index contributed by atoms with van der Waals surface area (Å²) >= 11 is 0. The number of hydrogen-bond donors (Lipinski definition) is 1. The number of carbonyl (C=O) groups excluding carboxylic acids is 2. The van der Waals surface area contributed by atoms with Crippen LogP contribution in [0.25, 0.3) is 0 Å². The summed E-state index contributed by atoms with van der Waals surface area (Å²) in [6, 6.07) is 0.00361. The number of ether oxygens (including phenoxy) is 1. The van der Waals surface area contributed by atoms with Crippen LogP contribution in [0.4, 0.5) is 4.79 Å². The molecule has 5 nitrogen and oxygen atoms in total. The van der Waals surface area contributed by atoms with E-state index < -0.39 is 11.7 Å². The van der Waals surface area contributed by atoms with Gasteiger partial charge in [0.2, 0.25) is 5.91 Å². The second kappa shape index (κ2) is 5.50. The van der Waals surface area contributed by atoms with Crippen LogP contribution in [0.5, 0.6) is 0 Å². The SMILES string of the molecule is CC(C)(C)OC(=O)N[C@@H]1C[C@H](C(=O)N2CCCC2)C1(C)C. The average molecular weight is 296 g/mol. The van der Waals surface area contributed by atoms with Gasteiger partial charge in [-0.25, -0.2) is 4.79 Å². The Hall–Kier alpha value is -1.26. The Balaban J connectivity index is 1.89. The fraction of sp³-hybridized carbons (Fsp3) is 0.875. The van der Waals surface area contributed by atoms with Gasteiger partial charge < -0.3 is 15.0 Å². The summed E-state index contributed by atoms with van der Waals surface area (Å²) in [7, 11) is 0. The molecule has 21 heavy (non-hydrogen) atoms. The number of carbonyl (C=O) groups is 2. The van der Waals surface area contributed by atoms with E-state index in [-0.39, 0.29) is 23.3 Å². The maximum absolute atomic E-state index is 12.5. The molecule has 2 fully saturated rings. The second-order valence-corrected chi connectivity index (χ2v) is 7.84. The van der Waals surface area contributed by atoms with Crippen LogP contribution in [0.1, 0.15) is 53.9 Å². The summed E-state index contributed by atoms with van der Waals surface area (Å²) in [4.78, 5) is 26.3. The minimum absolute atomic E-state index is 0.00361. The molecule has 2 aliphatic rings. The van der Waals surface area contributed by atoms with Gasteiger partial charge in [0.25, 0.3) is 0 Å². The van der Waals surface area contributed by atoms with Gasteiger partial charge in [-0.05, 0) is 45.4 Å². The van der Waals surface area contributed by atoms with Crippen LogP contribution in [-0.4, -0.2) is 41.6 Å². The molecule has 120 valence electrons. The van der Waals surface area contributed by atoms with Crippen molar-refractivity contribution in [3.63, 3.8) is 0 Å². The van der Waals surface area contributed by atoms with E-state index in [4.69, 9.17) is 4.74 Å². The minimum Gasteiger partial charge on any atom is -0.444 e. The van der Waals surface area contributed by atoms with E-state index in [0.717, 1.165) is 25.9 Å². The molecule has 0 bridgehead atoms. The number of alkyl carbamates (subject to hydrolysis) is 1. The molecule has 1 saturated heterocycles. The van der Waals surface area contributed by atoms with Crippen LogP contribution in [0.3, 0.4) is 0 Å². The quantitative estimate of drug-likeness (QED) is 0.852. The van der Waals surface area contributed by atoms with Gasteiger partial charge >= 0.3 is 6.09 Å². The molecule has 1 heterocycles. The molecule has 5 heteroatoms. The number of nitrogens with one attached hydrogen (secondary N) is 1. The zero-order valence-electron chi connectivity index (χ0n) is 13.9. The number of hydrogen-bond acceptors (Lipinski definition) is 3. The topological polar surface area (TPSA) is 58.6 Å². The van der Waals surface area contributed by atoms with Crippen molar-refractivity contribution in [2.75, 3.05) is 13.1 Å². The molecule has 1 aliphatic carbocycles. The Bertz CT molecular complexity index is 420. The Morgan fingerprint density at radius 2 is 1.76 bits per heavy atom. The molecule has 0 unspecified atom stereocenters. The minimum atomic E-state index is -0.497. The van der Waals surface area contributed by atoms with Crippen molar-refractivity contribution < 1.29 is 14.3 Å². The van der Waals surface area contributed by atoms with E-state index in [1.165, 1.54) is 0 Å². The maximum Gasteiger partial charge on any atom is 0.407 e. The molecule has 2 amide bonds. The summed E-state index contributed by atoms with van der Waals surface area (Å²) in [6.45, 7) is 11.4. The van der Waals surface area contributed by atoms with Crippen LogP contribution >= 0.6 is 0 Å². The maximum atomic E-state index is 12.5. The number of likely N-dealkylation sites (tertiary alicyclic amines) is 1. The van der Waals surface area contributed by atoms with Gasteiger partial charge in [0.05, 0.1) is 0 Å². The first-order chi connectivity index (χ1) is 9.61. The summed E-state index contributed by atoms with van der Waals surface area (Å²) in [5, 5.41) is 2.91. The van der Waals surface area contributed by atoms with Gasteiger partial charge in [0.1, 0.15) is 5.60 Å². The largest absolute Gasteiger partial charge is 0.444 e. The lowest BCUT2D eigenvalue weighted by molar-refractivity contribution is -0.147. The second-order valence-electron chi connectivity index (χ2n) is 7.84. The number of rotatable bonds is 2. The lowest BCUT2D eigenvalue weighted by Crippen LogP contribution is -2.62. The molecule has 1 saturated carbocycles. The van der Waals surface area contributed by atoms with E-state index in [1.807, 2.05) is 25.7 Å². The van der Waals surface area contributed by atoms with Crippen molar-refractivity contribution >= 4 is 12.0 Å². The van der Waals surface area contributed by atoms with Gasteiger partial charge in [-0.3, -0.25) is 4.79 Å². The zero-order valence-corrected chi connectivity index (χ0v) is 13.9. The van der Waals surface area contributed by atoms with Crippen molar-refractivity contribution in [2.24, 2.45) is 11.3 Å². The molecule has 1 N–H and O–H groups in total. The Kier molecular flexibility index (Phi) is 4.22. The van der Waals surface area contributed by atoms with Crippen molar-refractivity contribution in [1.29, 1.82) is 0 Å². The van der Waals surface area contributed by atoms with E-state index in [2.05, 4.69) is 19.2 Å². The standard InChI is InChI=1S/C16H28N2O3/c1-15(2,3)21-14(20)17-12-10-11(16(12,4)5)13(19)18-8-6-7-9-18/h11-12H,6-10H2,1-5H3,(H,17,20)/t11-,12-/m1/s1. The molecule has 2 rings (SSSR count). The summed E-state index contributed by atoms with van der Waals surface area (Å²) in [5.74, 6) is 0.260. The first kappa shape index (κ1) is 16.1. The molecule has 0 aromatic carbocycles. The summed E-state index contributed by atoms with van der Waals surface area (Å²) in [5.41, 5.74) is -0.709. The van der Waals surface area contributed by atoms with Crippen LogP contribution in [0, 0.1) is 11.3 Å². The van der Waals surface area contributed by atoms with Crippen molar-refractivity contribution in [3.8, 4) is 0 Å². The van der Waals surface area contributed by atoms with Gasteiger partial charge in [-0.2, -0.15) is 0 Å². The predicted octanol–water partition coefficient (Wildman–Crippen LogP) is 2.55. The van der Waals surface area contributed by atoms with Crippen molar-refractivity contribution in [1.82, 2.24) is 10.2 Å². The third-order valence-corrected chi connectivity index (χ3v) is 4.67. The third kappa shape index (κ3) is 3.50. The summed E-state index contributed by atoms with van der Waals surface area (Å²) < 4.78 is 5.29. The summed E-state index contributed by atoms with van der Waals surface area (Å²) in [6.07, 6.45) is 2.53. The van der Waals surface area contributed by atoms with Crippen molar-refractivity contribution in [2.45, 2.75) is 65.5 Å². The average Bonchev–Trinajstić information content (AvgIpc) is 2.84. The fourth-order valence-electron chi connectivity index (χ4n) is 3.20. The van der Waals surface area contributed by atoms with Crippen LogP contribution in [0.2, 0.25) is 0 Å². The highest BCUT2D eigenvalue weighted by Gasteiger charge is 2.53. The molecule has 1 aliphatic heterocycles. The normalized spacial score (nSPS) is 28.0. The number of amides is 2. The van der Waals surface area contributed by atoms with E-state index in [1.54, 1.807) is 0 Å². The number of nitrogens with zero attached hydrogens (tertiary/aromatic N) is 1. The Labute approximate surface area is 127 Å². The Morgan fingerprint density at radius 3 is 2.24 bits per heavy atom. The van der Waals surface area contributed by atoms with Crippen LogP contribution in [-0.2, 0) is 9.53 Å². The molecular weight excluding hydrogens is 268 g/mol. The van der Waals surface area contributed by atoms with Crippen molar-refractivity contribution in [3.05, 3.63) is 0 Å². The Morgan fingerprint density at radius 1 is 1.19 bits per heavy atom. The predicted molar refractivity (Wildman–Crippen MR) is 80.9 cm³/mol. The van der Waals surface area contributed by atoms with Gasteiger partial charge in [0.15, 0.2) is 0 Å². The highest BCUT2D eigenvalue weighted by molar-refractivity contribution is 5.81. The highest BCUT2D eigenvalue weighted by atomic mass is 16.6. The smallest absolute Gasteiger partial charge is 0.407 e. The van der Waals surface area contributed by atoms with Crippen LogP contribution in [0.15, 0.2) is 0 Å². The fourth-order valence-corrected chi connectivity index (χ4v) is 3.20. The van der Waals surface area contributed by atoms with Gasteiger partial charge in [-0.1, -0.05) is 13.8 Å². The molecule has 0 aromatic rings. The first-order valence-corrected chi connectivity index (χ1v) is 7.89. The molecule has 0 radical (unpaired) electrons. The lowest BCUT2D eigenvalue weighted by Gasteiger charge is -2.52. The first-order valence-electron chi connectivity index (χ1n) is 7.89. The zero-order chi connectivity index (χ0) is 15.8. The third-order valence-electron chi connectivity index (χ3n) is 4.67. The molecule has 2 atom stereocenters. The van der Waals surface area contributed by atoms with E-state index >= 15 is 0 Å². The monoisotopic (exact) mass is 296 g/mol. The lowest BCUT2D eigenvalue weighted by atomic mass is 9.58. The van der Waals surface area contributed by atoms with E-state index in [0.29, 0.717) is 6.42 Å². The molecule has 0 aromatic heterocycles. The van der Waals surface area contributed by atoms with Gasteiger partial charge in [0, 0.05) is 25.0 Å². The van der Waals surface area contributed by atoms with Gasteiger partial charge in [-0.15, -0.1) is 0 Å². The molecular formula is C16H28N2O3.